The summed E-state index contributed by atoms with van der Waals surface area (Å²) in [6.45, 7) is 2.53. The summed E-state index contributed by atoms with van der Waals surface area (Å²) in [7, 11) is 0. The van der Waals surface area contributed by atoms with Gasteiger partial charge in [0.1, 0.15) is 5.75 Å². The van der Waals surface area contributed by atoms with E-state index in [0.29, 0.717) is 28.3 Å². The number of nitrogens with zero attached hydrogens (tertiary/aromatic N) is 4. The van der Waals surface area contributed by atoms with Crippen molar-refractivity contribution in [2.24, 2.45) is 0 Å². The van der Waals surface area contributed by atoms with Crippen LogP contribution in [0.1, 0.15) is 6.92 Å². The smallest absolute Gasteiger partial charge is 0.234 e. The molecule has 2 heterocycles. The number of benzene rings is 3. The lowest BCUT2D eigenvalue weighted by Gasteiger charge is -2.12. The number of fused-ring (bicyclic) bond motifs is 1. The molecule has 5 aromatic rings. The number of ether oxygens (including phenoxy) is 1. The molecule has 0 aliphatic rings. The largest absolute Gasteiger partial charge is 0.494 e. The molecule has 0 aliphatic heterocycles. The van der Waals surface area contributed by atoms with Crippen molar-refractivity contribution in [2.45, 2.75) is 12.1 Å². The Morgan fingerprint density at radius 1 is 1.11 bits per heavy atom. The summed E-state index contributed by atoms with van der Waals surface area (Å²) in [4.78, 5) is 12.7. The molecule has 0 unspecified atom stereocenters. The van der Waals surface area contributed by atoms with Crippen molar-refractivity contribution in [3.8, 4) is 22.8 Å². The molecule has 0 saturated carbocycles. The highest BCUT2D eigenvalue weighted by atomic mass is 35.5. The number of amides is 1. The van der Waals surface area contributed by atoms with E-state index in [1.807, 2.05) is 78.2 Å². The van der Waals surface area contributed by atoms with Gasteiger partial charge >= 0.3 is 0 Å². The first kappa shape index (κ1) is 22.9. The third-order valence-corrected chi connectivity index (χ3v) is 6.34. The van der Waals surface area contributed by atoms with E-state index < -0.39 is 0 Å². The number of hydrogen-bond acceptors (Lipinski definition) is 6. The number of H-pyrrole nitrogens is 1. The van der Waals surface area contributed by atoms with Crippen LogP contribution in [0.25, 0.3) is 28.0 Å². The van der Waals surface area contributed by atoms with Crippen LogP contribution in [0.3, 0.4) is 0 Å². The van der Waals surface area contributed by atoms with Gasteiger partial charge in [-0.05, 0) is 61.5 Å². The Bertz CT molecular complexity index is 1480. The second-order valence-electron chi connectivity index (χ2n) is 7.59. The molecule has 2 N–H and O–H groups in total. The molecule has 0 fully saturated rings. The molecule has 0 radical (unpaired) electrons. The summed E-state index contributed by atoms with van der Waals surface area (Å²) in [5, 5.41) is 20.8. The number of aromatic amines is 1. The van der Waals surface area contributed by atoms with Crippen LogP contribution in [-0.2, 0) is 4.79 Å². The van der Waals surface area contributed by atoms with Crippen LogP contribution < -0.4 is 10.1 Å². The lowest BCUT2D eigenvalue weighted by Crippen LogP contribution is -2.14. The van der Waals surface area contributed by atoms with Gasteiger partial charge in [0.05, 0.1) is 24.1 Å². The van der Waals surface area contributed by atoms with E-state index in [0.717, 1.165) is 27.9 Å². The normalized spacial score (nSPS) is 11.0. The monoisotopic (exact) mass is 504 g/mol. The number of anilines is 1. The molecular formula is C25H21ClN6O2S. The van der Waals surface area contributed by atoms with Gasteiger partial charge in [-0.1, -0.05) is 35.5 Å². The molecule has 0 atom stereocenters. The molecule has 0 saturated heterocycles. The van der Waals surface area contributed by atoms with E-state index >= 15 is 0 Å². The van der Waals surface area contributed by atoms with E-state index in [1.165, 1.54) is 11.8 Å². The summed E-state index contributed by atoms with van der Waals surface area (Å²) in [6.07, 6.45) is 1.74. The number of halogens is 1. The van der Waals surface area contributed by atoms with Crippen LogP contribution in [0.4, 0.5) is 5.69 Å². The lowest BCUT2D eigenvalue weighted by molar-refractivity contribution is -0.113. The first-order valence-corrected chi connectivity index (χ1v) is 12.3. The average molecular weight is 505 g/mol. The van der Waals surface area contributed by atoms with Crippen LogP contribution in [0.2, 0.25) is 5.02 Å². The molecule has 2 aromatic heterocycles. The zero-order valence-electron chi connectivity index (χ0n) is 18.7. The number of aromatic nitrogens is 5. The zero-order valence-corrected chi connectivity index (χ0v) is 20.3. The van der Waals surface area contributed by atoms with Gasteiger partial charge < -0.3 is 10.1 Å². The Balaban J connectivity index is 1.40. The van der Waals surface area contributed by atoms with Gasteiger partial charge in [-0.25, -0.2) is 0 Å². The maximum absolute atomic E-state index is 12.7. The molecule has 3 aromatic carbocycles. The van der Waals surface area contributed by atoms with Gasteiger partial charge in [-0.15, -0.1) is 10.2 Å². The van der Waals surface area contributed by atoms with Crippen LogP contribution in [0.15, 0.2) is 78.1 Å². The Hall–Kier alpha value is -3.82. The molecule has 8 nitrogen and oxygen atoms in total. The van der Waals surface area contributed by atoms with Crippen molar-refractivity contribution in [2.75, 3.05) is 17.7 Å². The maximum Gasteiger partial charge on any atom is 0.234 e. The summed E-state index contributed by atoms with van der Waals surface area (Å²) >= 11 is 7.53. The van der Waals surface area contributed by atoms with E-state index in [9.17, 15) is 4.79 Å². The fourth-order valence-corrected chi connectivity index (χ4v) is 4.55. The number of carbonyl (C=O) groups excluding carboxylic acids is 1. The fourth-order valence-electron chi connectivity index (χ4n) is 3.61. The van der Waals surface area contributed by atoms with Crippen molar-refractivity contribution in [1.29, 1.82) is 0 Å². The third kappa shape index (κ3) is 5.16. The zero-order chi connectivity index (χ0) is 24.2. The van der Waals surface area contributed by atoms with Crippen molar-refractivity contribution in [3.63, 3.8) is 0 Å². The number of nitrogens with one attached hydrogen (secondary N) is 2. The molecule has 1 amide bonds. The molecule has 35 heavy (non-hydrogen) atoms. The molecule has 5 rings (SSSR count). The minimum atomic E-state index is -0.153. The van der Waals surface area contributed by atoms with Crippen molar-refractivity contribution in [1.82, 2.24) is 25.0 Å². The predicted octanol–water partition coefficient (Wildman–Crippen LogP) is 5.59. The second kappa shape index (κ2) is 10.2. The van der Waals surface area contributed by atoms with E-state index in [4.69, 9.17) is 16.3 Å². The predicted molar refractivity (Wildman–Crippen MR) is 138 cm³/mol. The maximum atomic E-state index is 12.7. The topological polar surface area (TPSA) is 97.7 Å². The Morgan fingerprint density at radius 2 is 1.97 bits per heavy atom. The first-order valence-electron chi connectivity index (χ1n) is 10.9. The van der Waals surface area contributed by atoms with Gasteiger partial charge in [-0.2, -0.15) is 5.10 Å². The second-order valence-corrected chi connectivity index (χ2v) is 8.97. The standard InChI is InChI=1S/C25H21ClN6O2S/c1-2-34-21-10-8-20(9-11-21)32-24(16-4-3-5-18(26)12-16)30-31-25(32)35-15-23(33)28-19-7-6-17-14-27-29-22(17)13-19/h3-14H,2,15H2,1H3,(H,27,29)(H,28,33). The Morgan fingerprint density at radius 3 is 2.77 bits per heavy atom. The fraction of sp³-hybridized carbons (Fsp3) is 0.120. The summed E-state index contributed by atoms with van der Waals surface area (Å²) in [5.41, 5.74) is 3.22. The van der Waals surface area contributed by atoms with E-state index in [1.54, 1.807) is 6.20 Å². The van der Waals surface area contributed by atoms with Gasteiger partial charge in [0.15, 0.2) is 11.0 Å². The minimum absolute atomic E-state index is 0.153. The minimum Gasteiger partial charge on any atom is -0.494 e. The summed E-state index contributed by atoms with van der Waals surface area (Å²) in [6, 6.07) is 20.7. The van der Waals surface area contributed by atoms with E-state index in [2.05, 4.69) is 25.7 Å². The molecule has 0 bridgehead atoms. The van der Waals surface area contributed by atoms with E-state index in [-0.39, 0.29) is 11.7 Å². The van der Waals surface area contributed by atoms with Crippen molar-refractivity contribution in [3.05, 3.63) is 77.9 Å². The number of thioether (sulfide) groups is 1. The van der Waals surface area contributed by atoms with Crippen LogP contribution >= 0.6 is 23.4 Å². The highest BCUT2D eigenvalue weighted by molar-refractivity contribution is 7.99. The average Bonchev–Trinajstić information content (AvgIpc) is 3.50. The molecule has 0 aliphatic carbocycles. The molecule has 0 spiro atoms. The van der Waals surface area contributed by atoms with Crippen molar-refractivity contribution < 1.29 is 9.53 Å². The molecule has 176 valence electrons. The molecule has 10 heteroatoms. The quantitative estimate of drug-likeness (QED) is 0.267. The van der Waals surface area contributed by atoms with Crippen molar-refractivity contribution >= 4 is 45.9 Å². The summed E-state index contributed by atoms with van der Waals surface area (Å²) in [5.74, 6) is 1.41. The number of hydrogen-bond donors (Lipinski definition) is 2. The number of carbonyl (C=O) groups is 1. The van der Waals surface area contributed by atoms with Gasteiger partial charge in [0.25, 0.3) is 0 Å². The number of rotatable bonds is 8. The van der Waals surface area contributed by atoms with Gasteiger partial charge in [0, 0.05) is 27.3 Å². The highest BCUT2D eigenvalue weighted by Crippen LogP contribution is 2.30. The van der Waals surface area contributed by atoms with Crippen LogP contribution in [-0.4, -0.2) is 43.2 Å². The Kier molecular flexibility index (Phi) is 6.69. The van der Waals surface area contributed by atoms with Gasteiger partial charge in [0.2, 0.25) is 5.91 Å². The van der Waals surface area contributed by atoms with Crippen LogP contribution in [0, 0.1) is 0 Å². The molecular weight excluding hydrogens is 484 g/mol. The highest BCUT2D eigenvalue weighted by Gasteiger charge is 2.18. The summed E-state index contributed by atoms with van der Waals surface area (Å²) < 4.78 is 7.49. The van der Waals surface area contributed by atoms with Gasteiger partial charge in [-0.3, -0.25) is 14.5 Å². The lowest BCUT2D eigenvalue weighted by atomic mass is 10.2. The van der Waals surface area contributed by atoms with Crippen LogP contribution in [0.5, 0.6) is 5.75 Å². The Labute approximate surface area is 210 Å². The first-order chi connectivity index (χ1) is 17.1. The SMILES string of the molecule is CCOc1ccc(-n2c(SCC(=O)Nc3ccc4cn[nH]c4c3)nnc2-c2cccc(Cl)c2)cc1. The third-order valence-electron chi connectivity index (χ3n) is 5.18.